The van der Waals surface area contributed by atoms with Crippen LogP contribution in [0.2, 0.25) is 0 Å². The van der Waals surface area contributed by atoms with Gasteiger partial charge in [0, 0.05) is 12.0 Å². The average Bonchev–Trinajstić information content (AvgIpc) is 2.26. The Hall–Kier alpha value is -1.55. The van der Waals surface area contributed by atoms with Gasteiger partial charge in [0.05, 0.1) is 18.6 Å². The number of esters is 1. The van der Waals surface area contributed by atoms with Crippen molar-refractivity contribution >= 4 is 5.97 Å². The molecule has 19 heavy (non-hydrogen) atoms. The number of nitrogens with two attached hydrogens (primary N) is 1. The minimum atomic E-state index is -0.732. The molecule has 4 heteroatoms. The zero-order valence-electron chi connectivity index (χ0n) is 11.7. The highest BCUT2D eigenvalue weighted by molar-refractivity contribution is 5.72. The molecule has 1 aromatic carbocycles. The molecule has 0 bridgehead atoms. The number of hydrogen-bond acceptors (Lipinski definition) is 4. The number of ether oxygens (including phenoxy) is 2. The average molecular weight is 263 g/mol. The van der Waals surface area contributed by atoms with Gasteiger partial charge in [-0.25, -0.2) is 0 Å². The van der Waals surface area contributed by atoms with Crippen LogP contribution in [0.4, 0.5) is 0 Å². The summed E-state index contributed by atoms with van der Waals surface area (Å²) in [4.78, 5) is 11.8. The van der Waals surface area contributed by atoms with E-state index in [2.05, 4.69) is 0 Å². The van der Waals surface area contributed by atoms with Crippen molar-refractivity contribution in [1.29, 1.82) is 0 Å². The fourth-order valence-electron chi connectivity index (χ4n) is 2.78. The van der Waals surface area contributed by atoms with E-state index >= 15 is 0 Å². The highest BCUT2D eigenvalue weighted by atomic mass is 16.5. The van der Waals surface area contributed by atoms with Crippen LogP contribution < -0.4 is 10.5 Å². The lowest BCUT2D eigenvalue weighted by Gasteiger charge is -2.43. The number of fused-ring (bicyclic) bond motifs is 1. The first-order valence-electron chi connectivity index (χ1n) is 6.59. The normalized spacial score (nSPS) is 24.2. The number of rotatable bonds is 3. The SMILES string of the molecule is CCOC(=O)CC1(N)CC(C)(C)Oc2ccccc21. The Bertz CT molecular complexity index is 484. The Morgan fingerprint density at radius 2 is 2.11 bits per heavy atom. The minimum absolute atomic E-state index is 0.171. The quantitative estimate of drug-likeness (QED) is 0.850. The third-order valence-corrected chi connectivity index (χ3v) is 3.32. The zero-order valence-corrected chi connectivity index (χ0v) is 11.7. The molecule has 1 aliphatic rings. The Labute approximate surface area is 113 Å². The predicted molar refractivity (Wildman–Crippen MR) is 72.9 cm³/mol. The molecule has 0 amide bonds. The number of benzene rings is 1. The third-order valence-electron chi connectivity index (χ3n) is 3.32. The van der Waals surface area contributed by atoms with Crippen LogP contribution >= 0.6 is 0 Å². The first-order chi connectivity index (χ1) is 8.86. The predicted octanol–water partition coefficient (Wildman–Crippen LogP) is 2.35. The molecule has 2 rings (SSSR count). The molecule has 0 saturated heterocycles. The fourth-order valence-corrected chi connectivity index (χ4v) is 2.78. The standard InChI is InChI=1S/C15H21NO3/c1-4-18-13(17)9-15(16)10-14(2,3)19-12-8-6-5-7-11(12)15/h5-8H,4,9-10,16H2,1-3H3. The second kappa shape index (κ2) is 4.85. The fraction of sp³-hybridized carbons (Fsp3) is 0.533. The van der Waals surface area contributed by atoms with Gasteiger partial charge in [-0.1, -0.05) is 18.2 Å². The molecule has 0 aliphatic carbocycles. The molecule has 0 spiro atoms. The Kier molecular flexibility index (Phi) is 3.54. The second-order valence-corrected chi connectivity index (χ2v) is 5.67. The summed E-state index contributed by atoms with van der Waals surface area (Å²) in [5, 5.41) is 0. The van der Waals surface area contributed by atoms with E-state index in [0.717, 1.165) is 11.3 Å². The van der Waals surface area contributed by atoms with E-state index in [9.17, 15) is 4.79 Å². The molecule has 1 atom stereocenters. The maximum Gasteiger partial charge on any atom is 0.307 e. The Morgan fingerprint density at radius 1 is 1.42 bits per heavy atom. The van der Waals surface area contributed by atoms with Gasteiger partial charge in [0.2, 0.25) is 0 Å². The van der Waals surface area contributed by atoms with E-state index in [1.807, 2.05) is 38.1 Å². The van der Waals surface area contributed by atoms with Crippen molar-refractivity contribution in [3.63, 3.8) is 0 Å². The topological polar surface area (TPSA) is 61.5 Å². The maximum atomic E-state index is 11.8. The van der Waals surface area contributed by atoms with Crippen molar-refractivity contribution in [3.05, 3.63) is 29.8 Å². The van der Waals surface area contributed by atoms with Crippen molar-refractivity contribution in [2.45, 2.75) is 44.8 Å². The number of carbonyl (C=O) groups is 1. The second-order valence-electron chi connectivity index (χ2n) is 5.67. The van der Waals surface area contributed by atoms with Gasteiger partial charge in [-0.15, -0.1) is 0 Å². The molecular formula is C15H21NO3. The summed E-state index contributed by atoms with van der Waals surface area (Å²) >= 11 is 0. The molecular weight excluding hydrogens is 242 g/mol. The molecule has 0 saturated carbocycles. The Balaban J connectivity index is 2.35. The third kappa shape index (κ3) is 2.89. The van der Waals surface area contributed by atoms with E-state index in [4.69, 9.17) is 15.2 Å². The van der Waals surface area contributed by atoms with Crippen LogP contribution in [0.25, 0.3) is 0 Å². The van der Waals surface area contributed by atoms with E-state index in [1.165, 1.54) is 0 Å². The molecule has 0 fully saturated rings. The largest absolute Gasteiger partial charge is 0.487 e. The molecule has 0 aromatic heterocycles. The summed E-state index contributed by atoms with van der Waals surface area (Å²) in [5.41, 5.74) is 6.25. The molecule has 104 valence electrons. The Morgan fingerprint density at radius 3 is 2.79 bits per heavy atom. The van der Waals surface area contributed by atoms with Crippen molar-refractivity contribution in [2.75, 3.05) is 6.61 Å². The van der Waals surface area contributed by atoms with E-state index in [1.54, 1.807) is 6.92 Å². The van der Waals surface area contributed by atoms with Gasteiger partial charge in [-0.05, 0) is 26.8 Å². The van der Waals surface area contributed by atoms with Crippen LogP contribution in [0, 0.1) is 0 Å². The lowest BCUT2D eigenvalue weighted by Crippen LogP contribution is -2.50. The number of para-hydroxylation sites is 1. The molecule has 1 aliphatic heterocycles. The lowest BCUT2D eigenvalue weighted by atomic mass is 9.76. The van der Waals surface area contributed by atoms with Gasteiger partial charge in [0.25, 0.3) is 0 Å². The molecule has 1 aromatic rings. The summed E-state index contributed by atoms with van der Waals surface area (Å²) in [5.74, 6) is 0.489. The van der Waals surface area contributed by atoms with Crippen LogP contribution in [0.15, 0.2) is 24.3 Å². The van der Waals surface area contributed by atoms with Gasteiger partial charge < -0.3 is 15.2 Å². The highest BCUT2D eigenvalue weighted by Gasteiger charge is 2.44. The highest BCUT2D eigenvalue weighted by Crippen LogP contribution is 2.43. The smallest absolute Gasteiger partial charge is 0.307 e. The maximum absolute atomic E-state index is 11.8. The summed E-state index contributed by atoms with van der Waals surface area (Å²) < 4.78 is 11.0. The molecule has 1 unspecified atom stereocenters. The number of carbonyl (C=O) groups excluding carboxylic acids is 1. The van der Waals surface area contributed by atoms with Gasteiger partial charge >= 0.3 is 5.97 Å². The van der Waals surface area contributed by atoms with Gasteiger partial charge in [0.15, 0.2) is 0 Å². The van der Waals surface area contributed by atoms with Gasteiger partial charge in [-0.3, -0.25) is 4.79 Å². The van der Waals surface area contributed by atoms with Gasteiger partial charge in [0.1, 0.15) is 11.4 Å². The van der Waals surface area contributed by atoms with Gasteiger partial charge in [-0.2, -0.15) is 0 Å². The van der Waals surface area contributed by atoms with Crippen LogP contribution in [-0.4, -0.2) is 18.2 Å². The first kappa shape index (κ1) is 13.9. The van der Waals surface area contributed by atoms with E-state index in [-0.39, 0.29) is 12.4 Å². The molecule has 1 heterocycles. The van der Waals surface area contributed by atoms with Crippen LogP contribution in [0.5, 0.6) is 5.75 Å². The lowest BCUT2D eigenvalue weighted by molar-refractivity contribution is -0.145. The van der Waals surface area contributed by atoms with Crippen LogP contribution in [0.3, 0.4) is 0 Å². The minimum Gasteiger partial charge on any atom is -0.487 e. The van der Waals surface area contributed by atoms with Crippen LogP contribution in [0.1, 0.15) is 39.2 Å². The monoisotopic (exact) mass is 263 g/mol. The van der Waals surface area contributed by atoms with Crippen molar-refractivity contribution < 1.29 is 14.3 Å². The zero-order chi connectivity index (χ0) is 14.1. The molecule has 0 radical (unpaired) electrons. The van der Waals surface area contributed by atoms with Crippen LogP contribution in [-0.2, 0) is 15.1 Å². The number of hydrogen-bond donors (Lipinski definition) is 1. The first-order valence-corrected chi connectivity index (χ1v) is 6.59. The summed E-state index contributed by atoms with van der Waals surface area (Å²) in [6.07, 6.45) is 0.750. The molecule has 2 N–H and O–H groups in total. The van der Waals surface area contributed by atoms with Crippen molar-refractivity contribution in [2.24, 2.45) is 5.73 Å². The van der Waals surface area contributed by atoms with E-state index < -0.39 is 11.1 Å². The van der Waals surface area contributed by atoms with Crippen molar-refractivity contribution in [3.8, 4) is 5.75 Å². The molecule has 4 nitrogen and oxygen atoms in total. The van der Waals surface area contributed by atoms with E-state index in [0.29, 0.717) is 13.0 Å². The summed E-state index contributed by atoms with van der Waals surface area (Å²) in [6.45, 7) is 6.13. The summed E-state index contributed by atoms with van der Waals surface area (Å²) in [7, 11) is 0. The van der Waals surface area contributed by atoms with Crippen molar-refractivity contribution in [1.82, 2.24) is 0 Å². The summed E-state index contributed by atoms with van der Waals surface area (Å²) in [6, 6.07) is 7.63.